The smallest absolute Gasteiger partial charge is 0.159 e. The number of para-hydroxylation sites is 1. The van der Waals surface area contributed by atoms with Crippen molar-refractivity contribution in [2.75, 3.05) is 0 Å². The summed E-state index contributed by atoms with van der Waals surface area (Å²) in [6.07, 6.45) is 6.45. The van der Waals surface area contributed by atoms with E-state index in [4.69, 9.17) is 14.4 Å². The summed E-state index contributed by atoms with van der Waals surface area (Å²) in [6.45, 7) is 0. The Bertz CT molecular complexity index is 3330. The van der Waals surface area contributed by atoms with Gasteiger partial charge in [-0.15, -0.1) is 11.3 Å². The molecular formula is C51H34N4OS. The van der Waals surface area contributed by atoms with Gasteiger partial charge in [-0.05, 0) is 60.4 Å². The van der Waals surface area contributed by atoms with Crippen LogP contribution in [0.2, 0.25) is 0 Å². The number of benzene rings is 7. The number of nitrogens with one attached hydrogen (secondary N) is 1. The molecule has 5 nitrogen and oxygen atoms in total. The summed E-state index contributed by atoms with van der Waals surface area (Å²) in [6, 6.07) is 55.9. The maximum Gasteiger partial charge on any atom is 0.159 e. The second-order valence-electron chi connectivity index (χ2n) is 14.8. The Morgan fingerprint density at radius 2 is 1.44 bits per heavy atom. The number of nitrogens with zero attached hydrogens (tertiary/aromatic N) is 3. The number of amidine groups is 2. The molecule has 12 rings (SSSR count). The minimum atomic E-state index is -0.269. The molecule has 0 amide bonds. The molecule has 0 spiro atoms. The lowest BCUT2D eigenvalue weighted by molar-refractivity contribution is 0.667. The number of hydrogen-bond acceptors (Lipinski definition) is 5. The lowest BCUT2D eigenvalue weighted by Crippen LogP contribution is -2.33. The fourth-order valence-electron chi connectivity index (χ4n) is 8.92. The minimum Gasteiger partial charge on any atom is -0.456 e. The van der Waals surface area contributed by atoms with Crippen LogP contribution in [0, 0.1) is 0 Å². The number of aliphatic imine (C=N–C) groups is 2. The van der Waals surface area contributed by atoms with Crippen molar-refractivity contribution in [1.29, 1.82) is 0 Å². The van der Waals surface area contributed by atoms with E-state index >= 15 is 0 Å². The molecule has 0 bridgehead atoms. The second kappa shape index (κ2) is 12.8. The zero-order chi connectivity index (χ0) is 37.5. The van der Waals surface area contributed by atoms with E-state index in [2.05, 4.69) is 143 Å². The highest BCUT2D eigenvalue weighted by atomic mass is 32.1. The molecule has 0 fully saturated rings. The summed E-state index contributed by atoms with van der Waals surface area (Å²) in [5.41, 5.74) is 12.3. The average molecular weight is 751 g/mol. The van der Waals surface area contributed by atoms with E-state index in [0.29, 0.717) is 5.84 Å². The molecule has 7 aromatic carbocycles. The zero-order valence-corrected chi connectivity index (χ0v) is 31.6. The van der Waals surface area contributed by atoms with Crippen molar-refractivity contribution in [3.05, 3.63) is 192 Å². The van der Waals surface area contributed by atoms with E-state index in [1.165, 1.54) is 59.1 Å². The van der Waals surface area contributed by atoms with Crippen molar-refractivity contribution < 1.29 is 4.42 Å². The topological polar surface area (TPSA) is 54.8 Å². The van der Waals surface area contributed by atoms with E-state index in [1.807, 2.05) is 47.7 Å². The summed E-state index contributed by atoms with van der Waals surface area (Å²) in [4.78, 5) is 10.2. The van der Waals surface area contributed by atoms with Gasteiger partial charge < -0.3 is 14.3 Å². The SMILES string of the molecule is C1=Cc2c(n(-c3ccc4c(c3)sc3c(-c5cccc6oc7cc(C8=NC(c9ccccc9)NC(c9ccccc9)=N8)ccc7c56)cccc34)c3ccccc23)CC1. The van der Waals surface area contributed by atoms with Gasteiger partial charge >= 0.3 is 0 Å². The molecule has 57 heavy (non-hydrogen) atoms. The lowest BCUT2D eigenvalue weighted by Gasteiger charge is -2.23. The first-order chi connectivity index (χ1) is 28.2. The van der Waals surface area contributed by atoms with Gasteiger partial charge in [0.2, 0.25) is 0 Å². The highest BCUT2D eigenvalue weighted by molar-refractivity contribution is 7.26. The lowest BCUT2D eigenvalue weighted by atomic mass is 9.97. The first-order valence-corrected chi connectivity index (χ1v) is 20.3. The van der Waals surface area contributed by atoms with Gasteiger partial charge in [-0.1, -0.05) is 133 Å². The maximum absolute atomic E-state index is 6.65. The Labute approximate surface area is 332 Å². The van der Waals surface area contributed by atoms with Crippen LogP contribution in [0.4, 0.5) is 0 Å². The van der Waals surface area contributed by atoms with Crippen molar-refractivity contribution in [3.63, 3.8) is 0 Å². The molecule has 1 atom stereocenters. The molecule has 4 heterocycles. The number of hydrogen-bond donors (Lipinski definition) is 1. The molecule has 1 N–H and O–H groups in total. The van der Waals surface area contributed by atoms with Crippen molar-refractivity contribution >= 4 is 82.1 Å². The third-order valence-corrected chi connectivity index (χ3v) is 12.7. The first-order valence-electron chi connectivity index (χ1n) is 19.5. The highest BCUT2D eigenvalue weighted by Crippen LogP contribution is 2.45. The molecule has 0 saturated carbocycles. The van der Waals surface area contributed by atoms with Gasteiger partial charge in [0.05, 0.1) is 5.52 Å². The summed E-state index contributed by atoms with van der Waals surface area (Å²) in [7, 11) is 0. The summed E-state index contributed by atoms with van der Waals surface area (Å²) in [5, 5.41) is 9.63. The van der Waals surface area contributed by atoms with Crippen molar-refractivity contribution in [2.45, 2.75) is 19.0 Å². The average Bonchev–Trinajstić information content (AvgIpc) is 3.96. The second-order valence-corrected chi connectivity index (χ2v) is 15.9. The Morgan fingerprint density at radius 3 is 2.35 bits per heavy atom. The predicted molar refractivity (Wildman–Crippen MR) is 238 cm³/mol. The number of aromatic nitrogens is 1. The molecule has 1 unspecified atom stereocenters. The van der Waals surface area contributed by atoms with Crippen LogP contribution in [0.3, 0.4) is 0 Å². The third-order valence-electron chi connectivity index (χ3n) is 11.5. The largest absolute Gasteiger partial charge is 0.456 e. The minimum absolute atomic E-state index is 0.269. The standard InChI is InChI=1S/C51H34N4OS/c1-3-13-31(14-4-1)49-52-50(32-15-5-2-6-16-32)54-51(53-49)33-25-27-41-45(29-33)56-44-24-12-19-38(47(41)44)40-21-11-20-39-37-28-26-34(30-46(37)57-48(39)40)55-42-22-9-7-17-35(42)36-18-8-10-23-43(36)55/h1-9,11-22,24-30,49H,10,23H2,(H,52,53,54). The quantitative estimate of drug-likeness (QED) is 0.190. The summed E-state index contributed by atoms with van der Waals surface area (Å²) >= 11 is 1.88. The van der Waals surface area contributed by atoms with E-state index in [1.54, 1.807) is 0 Å². The maximum atomic E-state index is 6.65. The molecule has 0 radical (unpaired) electrons. The van der Waals surface area contributed by atoms with Gasteiger partial charge in [0.15, 0.2) is 5.84 Å². The Morgan fingerprint density at radius 1 is 0.649 bits per heavy atom. The van der Waals surface area contributed by atoms with Crippen LogP contribution in [0.25, 0.3) is 75.9 Å². The molecule has 1 aliphatic heterocycles. The van der Waals surface area contributed by atoms with Crippen LogP contribution in [0.15, 0.2) is 178 Å². The Kier molecular flexibility index (Phi) is 7.22. The van der Waals surface area contributed by atoms with Gasteiger partial charge in [0, 0.05) is 70.0 Å². The monoisotopic (exact) mass is 750 g/mol. The summed E-state index contributed by atoms with van der Waals surface area (Å²) in [5.74, 6) is 1.46. The highest BCUT2D eigenvalue weighted by Gasteiger charge is 2.23. The van der Waals surface area contributed by atoms with Crippen LogP contribution < -0.4 is 5.32 Å². The Hall–Kier alpha value is -7.02. The van der Waals surface area contributed by atoms with Gasteiger partial charge in [0.25, 0.3) is 0 Å². The normalized spacial score (nSPS) is 15.3. The molecule has 10 aromatic rings. The summed E-state index contributed by atoms with van der Waals surface area (Å²) < 4.78 is 11.7. The fourth-order valence-corrected chi connectivity index (χ4v) is 10.2. The first kappa shape index (κ1) is 32.2. The number of rotatable bonds is 5. The van der Waals surface area contributed by atoms with Crippen molar-refractivity contribution in [1.82, 2.24) is 9.88 Å². The van der Waals surface area contributed by atoms with Crippen LogP contribution in [0.5, 0.6) is 0 Å². The van der Waals surface area contributed by atoms with E-state index in [0.717, 1.165) is 57.3 Å². The zero-order valence-electron chi connectivity index (χ0n) is 30.8. The van der Waals surface area contributed by atoms with Crippen LogP contribution in [0.1, 0.15) is 40.5 Å². The van der Waals surface area contributed by atoms with E-state index in [-0.39, 0.29) is 6.17 Å². The fraction of sp³-hybridized carbons (Fsp3) is 0.0588. The molecule has 0 saturated heterocycles. The number of fused-ring (bicyclic) bond motifs is 9. The molecular weight excluding hydrogens is 717 g/mol. The molecule has 270 valence electrons. The van der Waals surface area contributed by atoms with Gasteiger partial charge in [-0.25, -0.2) is 9.98 Å². The Balaban J connectivity index is 0.979. The predicted octanol–water partition coefficient (Wildman–Crippen LogP) is 13.0. The van der Waals surface area contributed by atoms with Gasteiger partial charge in [0.1, 0.15) is 23.2 Å². The van der Waals surface area contributed by atoms with Crippen molar-refractivity contribution in [3.8, 4) is 16.8 Å². The van der Waals surface area contributed by atoms with Crippen molar-refractivity contribution in [2.24, 2.45) is 9.98 Å². The van der Waals surface area contributed by atoms with E-state index < -0.39 is 0 Å². The van der Waals surface area contributed by atoms with Crippen LogP contribution in [-0.2, 0) is 6.42 Å². The number of furan rings is 1. The molecule has 1 aliphatic carbocycles. The van der Waals surface area contributed by atoms with E-state index in [9.17, 15) is 0 Å². The number of thiophene rings is 1. The number of allylic oxidation sites excluding steroid dienone is 1. The third kappa shape index (κ3) is 5.14. The molecule has 6 heteroatoms. The van der Waals surface area contributed by atoms with Crippen LogP contribution in [-0.4, -0.2) is 16.2 Å². The van der Waals surface area contributed by atoms with Gasteiger partial charge in [-0.2, -0.15) is 0 Å². The van der Waals surface area contributed by atoms with Gasteiger partial charge in [-0.3, -0.25) is 0 Å². The van der Waals surface area contributed by atoms with Crippen LogP contribution >= 0.6 is 11.3 Å². The molecule has 3 aromatic heterocycles. The molecule has 2 aliphatic rings.